The maximum atomic E-state index is 9.99. The van der Waals surface area contributed by atoms with Gasteiger partial charge in [-0.05, 0) is 10.4 Å². The molecule has 0 spiro atoms. The smallest absolute Gasteiger partial charge is 0.246 e. The Kier molecular flexibility index (Phi) is 0.918. The summed E-state index contributed by atoms with van der Waals surface area (Å²) in [7, 11) is 0. The van der Waals surface area contributed by atoms with E-state index in [0.29, 0.717) is 0 Å². The molecule has 6 heteroatoms. The number of carbonyl (C=O) groups excluding carboxylic acids is 1. The third kappa shape index (κ3) is 0.625. The fourth-order valence-corrected chi connectivity index (χ4v) is 0.254. The minimum Gasteiger partial charge on any atom is -0.246 e. The summed E-state index contributed by atoms with van der Waals surface area (Å²) in [4.78, 5) is 9.99. The molecule has 0 saturated heterocycles. The van der Waals surface area contributed by atoms with Crippen LogP contribution in [0.15, 0.2) is 6.33 Å². The van der Waals surface area contributed by atoms with E-state index in [9.17, 15) is 4.79 Å². The van der Waals surface area contributed by atoms with Gasteiger partial charge < -0.3 is 0 Å². The number of aromatic nitrogens is 4. The van der Waals surface area contributed by atoms with Crippen molar-refractivity contribution in [3.63, 3.8) is 0 Å². The highest BCUT2D eigenvalue weighted by molar-refractivity contribution is 5.72. The second-order valence-electron chi connectivity index (χ2n) is 1.06. The Labute approximate surface area is 44.3 Å². The molecule has 0 saturated carbocycles. The van der Waals surface area contributed by atoms with Crippen LogP contribution in [0.1, 0.15) is 0 Å². The van der Waals surface area contributed by atoms with Crippen molar-refractivity contribution in [1.82, 2.24) is 25.9 Å². The third-order valence-corrected chi connectivity index (χ3v) is 0.557. The van der Waals surface area contributed by atoms with E-state index in [1.807, 2.05) is 0 Å². The Morgan fingerprint density at radius 2 is 2.50 bits per heavy atom. The highest BCUT2D eigenvalue weighted by Gasteiger charge is 1.96. The van der Waals surface area contributed by atoms with Crippen molar-refractivity contribution in [2.45, 2.75) is 0 Å². The number of hydrogen-bond acceptors (Lipinski definition) is 4. The molecule has 1 aromatic heterocycles. The zero-order chi connectivity index (χ0) is 5.98. The molecule has 0 unspecified atom stereocenters. The summed E-state index contributed by atoms with van der Waals surface area (Å²) < 4.78 is 0.722. The predicted molar refractivity (Wildman–Crippen MR) is 21.7 cm³/mol. The van der Waals surface area contributed by atoms with Crippen LogP contribution in [0.25, 0.3) is 0 Å². The summed E-state index contributed by atoms with van der Waals surface area (Å²) in [6, 6.07) is -0.935. The van der Waals surface area contributed by atoms with E-state index in [1.165, 1.54) is 0 Å². The maximum absolute atomic E-state index is 9.99. The van der Waals surface area contributed by atoms with Gasteiger partial charge in [0.05, 0.1) is 0 Å². The van der Waals surface area contributed by atoms with E-state index in [2.05, 4.69) is 15.5 Å². The highest BCUT2D eigenvalue weighted by Crippen LogP contribution is 1.70. The van der Waals surface area contributed by atoms with E-state index >= 15 is 0 Å². The molecule has 1 radical (unpaired) electrons. The molecule has 1 aromatic rings. The van der Waals surface area contributed by atoms with Crippen LogP contribution in [0, 0.1) is 0 Å². The van der Waals surface area contributed by atoms with Gasteiger partial charge in [-0.3, -0.25) is 0 Å². The molecular weight excluding hydrogens is 110 g/mol. The van der Waals surface area contributed by atoms with Gasteiger partial charge in [0, 0.05) is 0 Å². The average Bonchev–Trinajstić information content (AvgIpc) is 2.12. The number of carbonyl (C=O) groups is 1. The number of nitrogens with zero attached hydrogens (tertiary/aromatic N) is 4. The van der Waals surface area contributed by atoms with Crippen LogP contribution in [-0.4, -0.2) is 26.2 Å². The summed E-state index contributed by atoms with van der Waals surface area (Å²) >= 11 is 0. The molecule has 0 aliphatic heterocycles. The zero-order valence-electron chi connectivity index (χ0n) is 3.77. The first kappa shape index (κ1) is 4.69. The van der Waals surface area contributed by atoms with Gasteiger partial charge in [0.15, 0.2) is 0 Å². The Morgan fingerprint density at radius 1 is 1.75 bits per heavy atom. The quantitative estimate of drug-likeness (QED) is 0.400. The van der Waals surface area contributed by atoms with Crippen molar-refractivity contribution in [3.8, 4) is 0 Å². The summed E-state index contributed by atoms with van der Waals surface area (Å²) in [6.45, 7) is 0. The molecule has 0 fully saturated rings. The van der Waals surface area contributed by atoms with Gasteiger partial charge in [-0.25, -0.2) is 10.5 Å². The molecule has 1 rings (SSSR count). The molecule has 1 amide bonds. The largest absolute Gasteiger partial charge is 0.363 e. The van der Waals surface area contributed by atoms with Crippen LogP contribution in [0.3, 0.4) is 0 Å². The topological polar surface area (TPSA) is 84.5 Å². The second-order valence-corrected chi connectivity index (χ2v) is 1.06. The van der Waals surface area contributed by atoms with E-state index in [0.717, 1.165) is 11.0 Å². The molecule has 0 bridgehead atoms. The Bertz CT molecular complexity index is 178. The monoisotopic (exact) mass is 112 g/mol. The fraction of sp³-hybridized carbons (Fsp3) is 0. The van der Waals surface area contributed by atoms with Gasteiger partial charge in [-0.2, -0.15) is 0 Å². The van der Waals surface area contributed by atoms with Crippen molar-refractivity contribution >= 4 is 6.03 Å². The molecule has 0 atom stereocenters. The van der Waals surface area contributed by atoms with E-state index < -0.39 is 6.03 Å². The minimum absolute atomic E-state index is 0.722. The van der Waals surface area contributed by atoms with Gasteiger partial charge >= 0.3 is 6.03 Å². The Balaban J connectivity index is 2.93. The average molecular weight is 112 g/mol. The first-order valence-electron chi connectivity index (χ1n) is 1.79. The molecule has 41 valence electrons. The van der Waals surface area contributed by atoms with Crippen molar-refractivity contribution in [2.75, 3.05) is 0 Å². The lowest BCUT2D eigenvalue weighted by Gasteiger charge is -1.81. The zero-order valence-corrected chi connectivity index (χ0v) is 3.77. The molecule has 1 heterocycles. The van der Waals surface area contributed by atoms with Crippen LogP contribution in [0.2, 0.25) is 0 Å². The minimum atomic E-state index is -0.935. The maximum Gasteiger partial charge on any atom is 0.363 e. The fourth-order valence-electron chi connectivity index (χ4n) is 0.254. The van der Waals surface area contributed by atoms with Crippen molar-refractivity contribution in [1.29, 1.82) is 0 Å². The lowest BCUT2D eigenvalue weighted by molar-refractivity contribution is 0.246. The van der Waals surface area contributed by atoms with E-state index in [1.54, 1.807) is 0 Å². The molecule has 8 heavy (non-hydrogen) atoms. The first-order valence-corrected chi connectivity index (χ1v) is 1.79. The van der Waals surface area contributed by atoms with Crippen molar-refractivity contribution in [3.05, 3.63) is 6.33 Å². The predicted octanol–water partition coefficient (Wildman–Crippen LogP) is -1.08. The SMILES string of the molecule is [NH]C(=O)n1cnnn1. The molecule has 1 N–H and O–H groups in total. The van der Waals surface area contributed by atoms with Crippen LogP contribution in [-0.2, 0) is 0 Å². The van der Waals surface area contributed by atoms with Crippen molar-refractivity contribution in [2.24, 2.45) is 0 Å². The van der Waals surface area contributed by atoms with Gasteiger partial charge in [0.1, 0.15) is 6.33 Å². The standard InChI is InChI=1S/C2H2N5O/c3-2(8)7-1-4-5-6-7/h1,3H. The molecular formula is C2H2N5O. The summed E-state index contributed by atoms with van der Waals surface area (Å²) in [5, 5.41) is 9.40. The van der Waals surface area contributed by atoms with Gasteiger partial charge in [0.25, 0.3) is 0 Å². The van der Waals surface area contributed by atoms with Gasteiger partial charge in [0.2, 0.25) is 0 Å². The third-order valence-electron chi connectivity index (χ3n) is 0.557. The van der Waals surface area contributed by atoms with Gasteiger partial charge in [-0.15, -0.1) is 9.78 Å². The van der Waals surface area contributed by atoms with Crippen LogP contribution < -0.4 is 5.73 Å². The number of hydrogen-bond donors (Lipinski definition) is 0. The normalized spacial score (nSPS) is 9.00. The number of tetrazole rings is 1. The summed E-state index contributed by atoms with van der Waals surface area (Å²) in [6.07, 6.45) is 1.06. The Morgan fingerprint density at radius 3 is 2.75 bits per heavy atom. The number of amides is 1. The molecule has 0 aliphatic carbocycles. The highest BCUT2D eigenvalue weighted by atomic mass is 16.2. The van der Waals surface area contributed by atoms with Crippen LogP contribution in [0.4, 0.5) is 4.79 Å². The van der Waals surface area contributed by atoms with E-state index in [4.69, 9.17) is 5.73 Å². The second kappa shape index (κ2) is 1.57. The lowest BCUT2D eigenvalue weighted by atomic mass is 11.0. The van der Waals surface area contributed by atoms with E-state index in [-0.39, 0.29) is 0 Å². The summed E-state index contributed by atoms with van der Waals surface area (Å²) in [5.41, 5.74) is 6.42. The first-order chi connectivity index (χ1) is 3.80. The number of rotatable bonds is 0. The Hall–Kier alpha value is -1.46. The lowest BCUT2D eigenvalue weighted by Crippen LogP contribution is -2.10. The molecule has 6 nitrogen and oxygen atoms in total. The molecule has 0 aliphatic rings. The van der Waals surface area contributed by atoms with Crippen LogP contribution in [0.5, 0.6) is 0 Å². The molecule has 0 aromatic carbocycles. The number of nitrogens with one attached hydrogen (secondary N) is 1. The van der Waals surface area contributed by atoms with Gasteiger partial charge in [-0.1, -0.05) is 0 Å². The van der Waals surface area contributed by atoms with Crippen molar-refractivity contribution < 1.29 is 4.79 Å². The summed E-state index contributed by atoms with van der Waals surface area (Å²) in [5.74, 6) is 0. The van der Waals surface area contributed by atoms with Crippen LogP contribution >= 0.6 is 0 Å².